The van der Waals surface area contributed by atoms with Crippen LogP contribution in [0.2, 0.25) is 0 Å². The van der Waals surface area contributed by atoms with Crippen molar-refractivity contribution in [1.29, 1.82) is 0 Å². The Kier molecular flexibility index (Phi) is 5.31. The van der Waals surface area contributed by atoms with Gasteiger partial charge in [0.2, 0.25) is 0 Å². The summed E-state index contributed by atoms with van der Waals surface area (Å²) in [5, 5.41) is 9.46. The molecule has 1 N–H and O–H groups in total. The van der Waals surface area contributed by atoms with Gasteiger partial charge < -0.3 is 14.7 Å². The van der Waals surface area contributed by atoms with Gasteiger partial charge in [-0.05, 0) is 48.7 Å². The van der Waals surface area contributed by atoms with Gasteiger partial charge in [0.15, 0.2) is 0 Å². The van der Waals surface area contributed by atoms with Gasteiger partial charge in [0.25, 0.3) is 5.91 Å². The van der Waals surface area contributed by atoms with Crippen molar-refractivity contribution in [1.82, 2.24) is 0 Å². The maximum Gasteiger partial charge on any atom is 0.310 e. The zero-order chi connectivity index (χ0) is 19.6. The van der Waals surface area contributed by atoms with Crippen LogP contribution in [0.1, 0.15) is 53.2 Å². The molecule has 0 radical (unpaired) electrons. The Bertz CT molecular complexity index is 916. The number of carbonyl (C=O) groups excluding carboxylic acids is 1. The van der Waals surface area contributed by atoms with Gasteiger partial charge in [0.1, 0.15) is 5.76 Å². The normalized spacial score (nSPS) is 14.9. The third-order valence-corrected chi connectivity index (χ3v) is 4.88. The molecule has 0 bridgehead atoms. The maximum absolute atomic E-state index is 12.8. The van der Waals surface area contributed by atoms with Crippen molar-refractivity contribution < 1.29 is 19.4 Å². The molecule has 2 aromatic carbocycles. The van der Waals surface area contributed by atoms with E-state index in [1.165, 1.54) is 0 Å². The van der Waals surface area contributed by atoms with E-state index in [9.17, 15) is 14.7 Å². The van der Waals surface area contributed by atoms with Gasteiger partial charge >= 0.3 is 5.97 Å². The van der Waals surface area contributed by atoms with Crippen LogP contribution in [0.15, 0.2) is 48.5 Å². The summed E-state index contributed by atoms with van der Waals surface area (Å²) in [4.78, 5) is 26.0. The standard InChI is InChI=1S/C22H23NO4/c1-4-7-20(27-3)19-12-16(10-11-17(19)14(2)22(25)26)23-13-15-8-5-6-9-18(15)21(23)24/h5-12,14H,4,13H2,1-3H3,(H,25,26)/b20-7-. The Morgan fingerprint density at radius 3 is 2.67 bits per heavy atom. The molecule has 1 unspecified atom stereocenters. The second-order valence-electron chi connectivity index (χ2n) is 6.56. The second kappa shape index (κ2) is 7.66. The minimum Gasteiger partial charge on any atom is -0.496 e. The fourth-order valence-corrected chi connectivity index (χ4v) is 3.39. The number of methoxy groups -OCH3 is 1. The number of fused-ring (bicyclic) bond motifs is 1. The smallest absolute Gasteiger partial charge is 0.310 e. The highest BCUT2D eigenvalue weighted by Crippen LogP contribution is 2.34. The van der Waals surface area contributed by atoms with Crippen molar-refractivity contribution in [2.24, 2.45) is 0 Å². The van der Waals surface area contributed by atoms with Crippen LogP contribution in [0.25, 0.3) is 5.76 Å². The molecule has 27 heavy (non-hydrogen) atoms. The largest absolute Gasteiger partial charge is 0.496 e. The van der Waals surface area contributed by atoms with E-state index in [2.05, 4.69) is 0 Å². The molecule has 5 nitrogen and oxygen atoms in total. The van der Waals surface area contributed by atoms with E-state index in [0.29, 0.717) is 29.0 Å². The quantitative estimate of drug-likeness (QED) is 0.769. The number of amides is 1. The molecule has 0 saturated carbocycles. The van der Waals surface area contributed by atoms with Crippen molar-refractivity contribution >= 4 is 23.3 Å². The van der Waals surface area contributed by atoms with Crippen LogP contribution in [-0.2, 0) is 16.1 Å². The lowest BCUT2D eigenvalue weighted by Crippen LogP contribution is -2.23. The molecule has 0 fully saturated rings. The number of benzene rings is 2. The molecule has 1 atom stereocenters. The Hall–Kier alpha value is -3.08. The monoisotopic (exact) mass is 365 g/mol. The minimum atomic E-state index is -0.902. The molecule has 140 valence electrons. The number of carboxylic acids is 1. The first-order valence-electron chi connectivity index (χ1n) is 8.99. The molecular formula is C22H23NO4. The number of ether oxygens (including phenoxy) is 1. The summed E-state index contributed by atoms with van der Waals surface area (Å²) in [5.74, 6) is -1.02. The number of hydrogen-bond acceptors (Lipinski definition) is 3. The zero-order valence-electron chi connectivity index (χ0n) is 15.7. The molecule has 1 amide bonds. The van der Waals surface area contributed by atoms with E-state index < -0.39 is 11.9 Å². The third-order valence-electron chi connectivity index (χ3n) is 4.88. The first kappa shape index (κ1) is 18.7. The number of rotatable bonds is 6. The van der Waals surface area contributed by atoms with Gasteiger partial charge in [0, 0.05) is 16.8 Å². The Morgan fingerprint density at radius 1 is 1.30 bits per heavy atom. The van der Waals surface area contributed by atoms with Crippen molar-refractivity contribution in [3.05, 3.63) is 70.8 Å². The van der Waals surface area contributed by atoms with Crippen molar-refractivity contribution in [2.75, 3.05) is 12.0 Å². The first-order valence-corrected chi connectivity index (χ1v) is 8.99. The summed E-state index contributed by atoms with van der Waals surface area (Å²) in [6.07, 6.45) is 2.67. The second-order valence-corrected chi connectivity index (χ2v) is 6.56. The number of allylic oxidation sites excluding steroid dienone is 1. The number of anilines is 1. The van der Waals surface area contributed by atoms with E-state index in [1.807, 2.05) is 43.3 Å². The number of carboxylic acid groups (broad SMARTS) is 1. The molecule has 2 aromatic rings. The van der Waals surface area contributed by atoms with E-state index in [0.717, 1.165) is 17.7 Å². The average molecular weight is 365 g/mol. The van der Waals surface area contributed by atoms with Crippen LogP contribution in [0, 0.1) is 0 Å². The molecule has 1 heterocycles. The van der Waals surface area contributed by atoms with Crippen LogP contribution in [-0.4, -0.2) is 24.1 Å². The molecule has 1 aliphatic heterocycles. The van der Waals surface area contributed by atoms with E-state index in [-0.39, 0.29) is 5.91 Å². The highest BCUT2D eigenvalue weighted by atomic mass is 16.5. The number of nitrogens with zero attached hydrogens (tertiary/aromatic N) is 1. The first-order chi connectivity index (χ1) is 13.0. The van der Waals surface area contributed by atoms with E-state index in [4.69, 9.17) is 4.74 Å². The topological polar surface area (TPSA) is 66.8 Å². The fourth-order valence-electron chi connectivity index (χ4n) is 3.39. The van der Waals surface area contributed by atoms with Crippen LogP contribution in [0.3, 0.4) is 0 Å². The summed E-state index contributed by atoms with van der Waals surface area (Å²) in [7, 11) is 1.57. The lowest BCUT2D eigenvalue weighted by molar-refractivity contribution is -0.138. The van der Waals surface area contributed by atoms with Crippen molar-refractivity contribution in [2.45, 2.75) is 32.7 Å². The van der Waals surface area contributed by atoms with E-state index in [1.54, 1.807) is 31.1 Å². The average Bonchev–Trinajstić information content (AvgIpc) is 3.02. The summed E-state index contributed by atoms with van der Waals surface area (Å²) in [6, 6.07) is 13.0. The summed E-state index contributed by atoms with van der Waals surface area (Å²) in [6.45, 7) is 4.14. The highest BCUT2D eigenvalue weighted by Gasteiger charge is 2.29. The van der Waals surface area contributed by atoms with Crippen LogP contribution in [0.5, 0.6) is 0 Å². The molecule has 0 aromatic heterocycles. The predicted molar refractivity (Wildman–Crippen MR) is 105 cm³/mol. The van der Waals surface area contributed by atoms with Gasteiger partial charge in [-0.3, -0.25) is 9.59 Å². The predicted octanol–water partition coefficient (Wildman–Crippen LogP) is 4.43. The molecule has 0 saturated heterocycles. The van der Waals surface area contributed by atoms with Gasteiger partial charge in [-0.25, -0.2) is 0 Å². The summed E-state index contributed by atoms with van der Waals surface area (Å²) >= 11 is 0. The van der Waals surface area contributed by atoms with Gasteiger partial charge in [-0.1, -0.05) is 31.2 Å². The van der Waals surface area contributed by atoms with Crippen LogP contribution in [0.4, 0.5) is 5.69 Å². The van der Waals surface area contributed by atoms with Crippen molar-refractivity contribution in [3.63, 3.8) is 0 Å². The highest BCUT2D eigenvalue weighted by molar-refractivity contribution is 6.10. The number of carbonyl (C=O) groups is 2. The number of hydrogen-bond donors (Lipinski definition) is 1. The molecule has 3 rings (SSSR count). The Balaban J connectivity index is 2.08. The SMILES string of the molecule is CC/C=C(\OC)c1cc(N2Cc3ccccc3C2=O)ccc1C(C)C(=O)O. The molecule has 1 aliphatic rings. The maximum atomic E-state index is 12.8. The summed E-state index contributed by atoms with van der Waals surface area (Å²) in [5.41, 5.74) is 3.79. The fraction of sp³-hybridized carbons (Fsp3) is 0.273. The third kappa shape index (κ3) is 3.45. The van der Waals surface area contributed by atoms with Gasteiger partial charge in [-0.2, -0.15) is 0 Å². The molecule has 5 heteroatoms. The van der Waals surface area contributed by atoms with Crippen molar-refractivity contribution in [3.8, 4) is 0 Å². The number of aliphatic carboxylic acids is 1. The molecule has 0 spiro atoms. The lowest BCUT2D eigenvalue weighted by Gasteiger charge is -2.21. The zero-order valence-corrected chi connectivity index (χ0v) is 15.7. The van der Waals surface area contributed by atoms with Gasteiger partial charge in [-0.15, -0.1) is 0 Å². The summed E-state index contributed by atoms with van der Waals surface area (Å²) < 4.78 is 5.52. The Morgan fingerprint density at radius 2 is 2.04 bits per heavy atom. The van der Waals surface area contributed by atoms with Gasteiger partial charge in [0.05, 0.1) is 19.6 Å². The molecular weight excluding hydrogens is 342 g/mol. The van der Waals surface area contributed by atoms with Crippen LogP contribution < -0.4 is 4.90 Å². The van der Waals surface area contributed by atoms with Crippen LogP contribution >= 0.6 is 0 Å². The molecule has 0 aliphatic carbocycles. The van der Waals surface area contributed by atoms with E-state index >= 15 is 0 Å². The minimum absolute atomic E-state index is 0.0472. The Labute approximate surface area is 158 Å². The lowest BCUT2D eigenvalue weighted by atomic mass is 9.93.